The molecule has 0 saturated carbocycles. The molecule has 0 atom stereocenters. The molecule has 0 radical (unpaired) electrons. The van der Waals surface area contributed by atoms with E-state index in [4.69, 9.17) is 26.4 Å². The fraction of sp³-hybridized carbons (Fsp3) is 0.450. The van der Waals surface area contributed by atoms with Crippen molar-refractivity contribution < 1.29 is 19.0 Å². The van der Waals surface area contributed by atoms with Crippen LogP contribution in [0.5, 0.6) is 5.75 Å². The molecular formula is C20H26N4O5S. The van der Waals surface area contributed by atoms with Crippen LogP contribution in [0.15, 0.2) is 23.0 Å². The maximum Gasteiger partial charge on any atom is 0.278 e. The SMILES string of the molecule is COc1ccc2[nH]c3c(=O)n(CCCCC(=O)NCC(OC)OC)c(=S)[nH]c3c2c1. The molecule has 162 valence electrons. The summed E-state index contributed by atoms with van der Waals surface area (Å²) in [5, 5.41) is 3.60. The van der Waals surface area contributed by atoms with Crippen molar-refractivity contribution >= 4 is 40.1 Å². The van der Waals surface area contributed by atoms with Gasteiger partial charge in [-0.3, -0.25) is 14.2 Å². The van der Waals surface area contributed by atoms with Crippen molar-refractivity contribution in [3.05, 3.63) is 33.3 Å². The Morgan fingerprint density at radius 2 is 1.93 bits per heavy atom. The normalized spacial score (nSPS) is 11.5. The van der Waals surface area contributed by atoms with Gasteiger partial charge in [0.15, 0.2) is 11.1 Å². The Morgan fingerprint density at radius 3 is 2.63 bits per heavy atom. The first kappa shape index (κ1) is 22.0. The van der Waals surface area contributed by atoms with Crippen LogP contribution < -0.4 is 15.6 Å². The zero-order valence-corrected chi connectivity index (χ0v) is 18.1. The molecule has 0 aliphatic carbocycles. The van der Waals surface area contributed by atoms with Gasteiger partial charge in [0.05, 0.1) is 19.2 Å². The highest BCUT2D eigenvalue weighted by Gasteiger charge is 2.13. The van der Waals surface area contributed by atoms with Crippen molar-refractivity contribution in [1.82, 2.24) is 19.9 Å². The monoisotopic (exact) mass is 434 g/mol. The van der Waals surface area contributed by atoms with Gasteiger partial charge >= 0.3 is 0 Å². The predicted molar refractivity (Wildman–Crippen MR) is 116 cm³/mol. The van der Waals surface area contributed by atoms with E-state index in [9.17, 15) is 9.59 Å². The lowest BCUT2D eigenvalue weighted by molar-refractivity contribution is -0.127. The third kappa shape index (κ3) is 4.72. The number of aromatic amines is 2. The van der Waals surface area contributed by atoms with E-state index in [1.54, 1.807) is 7.11 Å². The lowest BCUT2D eigenvalue weighted by atomic mass is 10.2. The summed E-state index contributed by atoms with van der Waals surface area (Å²) in [4.78, 5) is 31.2. The van der Waals surface area contributed by atoms with E-state index >= 15 is 0 Å². The predicted octanol–water partition coefficient (Wildman–Crippen LogP) is 2.45. The number of aromatic nitrogens is 3. The molecule has 30 heavy (non-hydrogen) atoms. The summed E-state index contributed by atoms with van der Waals surface area (Å²) >= 11 is 5.41. The number of ether oxygens (including phenoxy) is 3. The molecule has 3 aromatic rings. The van der Waals surface area contributed by atoms with Crippen LogP contribution in [0.4, 0.5) is 0 Å². The second-order valence-electron chi connectivity index (χ2n) is 6.84. The Balaban J connectivity index is 1.67. The molecule has 0 unspecified atom stereocenters. The van der Waals surface area contributed by atoms with Crippen molar-refractivity contribution in [2.24, 2.45) is 0 Å². The van der Waals surface area contributed by atoms with E-state index in [1.165, 1.54) is 18.8 Å². The molecule has 2 aromatic heterocycles. The topological polar surface area (TPSA) is 110 Å². The van der Waals surface area contributed by atoms with Crippen LogP contribution >= 0.6 is 12.2 Å². The highest BCUT2D eigenvalue weighted by Crippen LogP contribution is 2.25. The van der Waals surface area contributed by atoms with Crippen molar-refractivity contribution in [3.63, 3.8) is 0 Å². The number of rotatable bonds is 10. The standard InChI is InChI=1S/C20H26N4O5S/c1-27-12-7-8-14-13(10-12)17-18(22-14)19(26)24(20(30)23-17)9-5-4-6-15(25)21-11-16(28-2)29-3/h7-8,10,16,22H,4-6,9,11H2,1-3H3,(H,21,25)(H,23,30). The second-order valence-corrected chi connectivity index (χ2v) is 7.22. The number of methoxy groups -OCH3 is 3. The number of H-pyrrole nitrogens is 2. The van der Waals surface area contributed by atoms with Gasteiger partial charge < -0.3 is 29.5 Å². The van der Waals surface area contributed by atoms with Crippen LogP contribution in [0.2, 0.25) is 0 Å². The zero-order valence-electron chi connectivity index (χ0n) is 17.2. The molecule has 3 rings (SSSR count). The number of hydrogen-bond donors (Lipinski definition) is 3. The molecule has 10 heteroatoms. The number of hydrogen-bond acceptors (Lipinski definition) is 6. The number of fused-ring (bicyclic) bond motifs is 3. The van der Waals surface area contributed by atoms with Gasteiger partial charge in [-0.2, -0.15) is 0 Å². The summed E-state index contributed by atoms with van der Waals surface area (Å²) < 4.78 is 17.2. The van der Waals surface area contributed by atoms with Gasteiger partial charge in [-0.25, -0.2) is 0 Å². The highest BCUT2D eigenvalue weighted by molar-refractivity contribution is 7.71. The van der Waals surface area contributed by atoms with E-state index in [0.29, 0.717) is 53.9 Å². The van der Waals surface area contributed by atoms with E-state index in [0.717, 1.165) is 10.9 Å². The summed E-state index contributed by atoms with van der Waals surface area (Å²) in [6, 6.07) is 5.56. The van der Waals surface area contributed by atoms with Crippen LogP contribution in [-0.2, 0) is 20.8 Å². The fourth-order valence-corrected chi connectivity index (χ4v) is 3.57. The van der Waals surface area contributed by atoms with Crippen molar-refractivity contribution in [2.45, 2.75) is 32.1 Å². The molecule has 0 fully saturated rings. The maximum atomic E-state index is 13.0. The number of carbonyl (C=O) groups is 1. The van der Waals surface area contributed by atoms with Crippen molar-refractivity contribution in [2.75, 3.05) is 27.9 Å². The molecule has 2 heterocycles. The van der Waals surface area contributed by atoms with Gasteiger partial charge in [0.1, 0.15) is 11.3 Å². The zero-order chi connectivity index (χ0) is 21.7. The largest absolute Gasteiger partial charge is 0.497 e. The minimum Gasteiger partial charge on any atom is -0.497 e. The smallest absolute Gasteiger partial charge is 0.278 e. The number of carbonyl (C=O) groups excluding carboxylic acids is 1. The highest BCUT2D eigenvalue weighted by atomic mass is 32.1. The minimum atomic E-state index is -0.464. The van der Waals surface area contributed by atoms with Gasteiger partial charge in [-0.15, -0.1) is 0 Å². The van der Waals surface area contributed by atoms with Crippen molar-refractivity contribution in [1.29, 1.82) is 0 Å². The lowest BCUT2D eigenvalue weighted by Gasteiger charge is -2.14. The molecular weight excluding hydrogens is 408 g/mol. The average Bonchev–Trinajstić information content (AvgIpc) is 3.11. The fourth-order valence-electron chi connectivity index (χ4n) is 3.30. The number of nitrogens with one attached hydrogen (secondary N) is 3. The summed E-state index contributed by atoms with van der Waals surface area (Å²) in [7, 11) is 4.63. The average molecular weight is 435 g/mol. The van der Waals surface area contributed by atoms with Gasteiger partial charge in [0, 0.05) is 38.1 Å². The van der Waals surface area contributed by atoms with E-state index in [1.807, 2.05) is 18.2 Å². The van der Waals surface area contributed by atoms with Crippen LogP contribution in [0.3, 0.4) is 0 Å². The third-order valence-electron chi connectivity index (χ3n) is 4.97. The lowest BCUT2D eigenvalue weighted by Crippen LogP contribution is -2.34. The molecule has 0 spiro atoms. The number of nitrogens with zero attached hydrogens (tertiary/aromatic N) is 1. The molecule has 0 saturated heterocycles. The minimum absolute atomic E-state index is 0.0911. The van der Waals surface area contributed by atoms with Crippen molar-refractivity contribution in [3.8, 4) is 5.75 Å². The number of amides is 1. The summed E-state index contributed by atoms with van der Waals surface area (Å²) in [5.74, 6) is 0.610. The first-order chi connectivity index (χ1) is 14.5. The van der Waals surface area contributed by atoms with Crippen LogP contribution in [0, 0.1) is 4.77 Å². The Morgan fingerprint density at radius 1 is 1.17 bits per heavy atom. The van der Waals surface area contributed by atoms with Gasteiger partial charge in [0.25, 0.3) is 5.56 Å². The van der Waals surface area contributed by atoms with Crippen LogP contribution in [-0.4, -0.2) is 54.6 Å². The molecule has 3 N–H and O–H groups in total. The Bertz CT molecular complexity index is 1150. The Hall–Kier alpha value is -2.69. The molecule has 1 amide bonds. The summed E-state index contributed by atoms with van der Waals surface area (Å²) in [6.07, 6.45) is 1.15. The first-order valence-electron chi connectivity index (χ1n) is 9.63. The van der Waals surface area contributed by atoms with Crippen LogP contribution in [0.25, 0.3) is 21.9 Å². The summed E-state index contributed by atoms with van der Waals surface area (Å²) in [5.41, 5.74) is 1.78. The molecule has 9 nitrogen and oxygen atoms in total. The van der Waals surface area contributed by atoms with Gasteiger partial charge in [-0.05, 0) is 43.3 Å². The molecule has 1 aromatic carbocycles. The Labute approximate surface area is 178 Å². The van der Waals surface area contributed by atoms with E-state index < -0.39 is 6.29 Å². The van der Waals surface area contributed by atoms with Gasteiger partial charge in [-0.1, -0.05) is 0 Å². The second kappa shape index (κ2) is 9.88. The number of benzene rings is 1. The summed E-state index contributed by atoms with van der Waals surface area (Å²) in [6.45, 7) is 0.716. The molecule has 0 aliphatic heterocycles. The number of unbranched alkanes of at least 4 members (excludes halogenated alkanes) is 1. The van der Waals surface area contributed by atoms with E-state index in [2.05, 4.69) is 15.3 Å². The molecule has 0 aliphatic rings. The van der Waals surface area contributed by atoms with Crippen LogP contribution in [0.1, 0.15) is 19.3 Å². The quantitative estimate of drug-likeness (QED) is 0.257. The van der Waals surface area contributed by atoms with E-state index in [-0.39, 0.29) is 11.5 Å². The maximum absolute atomic E-state index is 13.0. The molecule has 0 bridgehead atoms. The van der Waals surface area contributed by atoms with Gasteiger partial charge in [0.2, 0.25) is 5.91 Å². The first-order valence-corrected chi connectivity index (χ1v) is 10.0. The third-order valence-corrected chi connectivity index (χ3v) is 5.29. The Kier molecular flexibility index (Phi) is 7.24.